The molecule has 0 aromatic rings. The summed E-state index contributed by atoms with van der Waals surface area (Å²) in [5, 5.41) is 0. The lowest BCUT2D eigenvalue weighted by atomic mass is 9.54. The van der Waals surface area contributed by atoms with E-state index in [1.165, 1.54) is 32.1 Å². The molecule has 110 valence electrons. The van der Waals surface area contributed by atoms with Gasteiger partial charge in [0.1, 0.15) is 0 Å². The number of hydrogen-bond donors (Lipinski definition) is 1. The van der Waals surface area contributed by atoms with E-state index < -0.39 is 10.0 Å². The van der Waals surface area contributed by atoms with Crippen LogP contribution in [0, 0.1) is 29.6 Å². The van der Waals surface area contributed by atoms with Crippen molar-refractivity contribution in [2.24, 2.45) is 29.6 Å². The molecule has 4 saturated carbocycles. The van der Waals surface area contributed by atoms with Crippen molar-refractivity contribution in [3.05, 3.63) is 0 Å². The SMILES string of the molecule is CC(CCl)CS(=O)(=O)NC1C2CC3CC(C2)CC1C3. The molecule has 4 rings (SSSR count). The molecule has 4 aliphatic carbocycles. The maximum atomic E-state index is 12.2. The number of halogens is 1. The Labute approximate surface area is 121 Å². The van der Waals surface area contributed by atoms with Gasteiger partial charge in [0.2, 0.25) is 10.0 Å². The summed E-state index contributed by atoms with van der Waals surface area (Å²) < 4.78 is 27.5. The van der Waals surface area contributed by atoms with Gasteiger partial charge in [-0.1, -0.05) is 6.92 Å². The van der Waals surface area contributed by atoms with Gasteiger partial charge in [-0.05, 0) is 61.7 Å². The average molecular weight is 306 g/mol. The molecular weight excluding hydrogens is 282 g/mol. The van der Waals surface area contributed by atoms with Crippen LogP contribution < -0.4 is 4.72 Å². The predicted molar refractivity (Wildman–Crippen MR) is 77.6 cm³/mol. The molecule has 0 aromatic carbocycles. The Bertz CT molecular complexity index is 409. The second-order valence-electron chi connectivity index (χ2n) is 7.12. The summed E-state index contributed by atoms with van der Waals surface area (Å²) in [6.07, 6.45) is 6.36. The highest BCUT2D eigenvalue weighted by atomic mass is 35.5. The van der Waals surface area contributed by atoms with E-state index in [0.29, 0.717) is 17.7 Å². The van der Waals surface area contributed by atoms with Crippen LogP contribution in [-0.4, -0.2) is 26.1 Å². The van der Waals surface area contributed by atoms with Crippen molar-refractivity contribution in [1.82, 2.24) is 4.72 Å². The molecule has 3 nitrogen and oxygen atoms in total. The normalized spacial score (nSPS) is 42.5. The quantitative estimate of drug-likeness (QED) is 0.794. The topological polar surface area (TPSA) is 46.2 Å². The van der Waals surface area contributed by atoms with Crippen molar-refractivity contribution in [3.8, 4) is 0 Å². The summed E-state index contributed by atoms with van der Waals surface area (Å²) in [7, 11) is -3.17. The molecule has 4 bridgehead atoms. The highest BCUT2D eigenvalue weighted by Gasteiger charge is 2.49. The molecule has 0 spiro atoms. The first-order valence-corrected chi connectivity index (χ1v) is 9.71. The second kappa shape index (κ2) is 5.19. The maximum Gasteiger partial charge on any atom is 0.212 e. The molecule has 4 fully saturated rings. The molecule has 0 aliphatic heterocycles. The molecule has 1 unspecified atom stereocenters. The van der Waals surface area contributed by atoms with Gasteiger partial charge in [0.25, 0.3) is 0 Å². The highest BCUT2D eigenvalue weighted by molar-refractivity contribution is 7.89. The van der Waals surface area contributed by atoms with Gasteiger partial charge in [-0.25, -0.2) is 13.1 Å². The van der Waals surface area contributed by atoms with E-state index in [9.17, 15) is 8.42 Å². The summed E-state index contributed by atoms with van der Waals surface area (Å²) in [5.41, 5.74) is 0. The third-order valence-electron chi connectivity index (χ3n) is 5.31. The fourth-order valence-corrected chi connectivity index (χ4v) is 6.79. The van der Waals surface area contributed by atoms with Gasteiger partial charge >= 0.3 is 0 Å². The zero-order valence-corrected chi connectivity index (χ0v) is 13.1. The predicted octanol–water partition coefficient (Wildman–Crippen LogP) is 2.61. The van der Waals surface area contributed by atoms with E-state index in [4.69, 9.17) is 11.6 Å². The Morgan fingerprint density at radius 2 is 1.63 bits per heavy atom. The van der Waals surface area contributed by atoms with Gasteiger partial charge in [-0.2, -0.15) is 0 Å². The van der Waals surface area contributed by atoms with Crippen LogP contribution in [0.25, 0.3) is 0 Å². The van der Waals surface area contributed by atoms with Crippen molar-refractivity contribution in [1.29, 1.82) is 0 Å². The van der Waals surface area contributed by atoms with Crippen LogP contribution in [0.4, 0.5) is 0 Å². The molecule has 0 amide bonds. The van der Waals surface area contributed by atoms with Crippen LogP contribution in [0.3, 0.4) is 0 Å². The zero-order valence-electron chi connectivity index (χ0n) is 11.5. The Kier molecular flexibility index (Phi) is 3.87. The summed E-state index contributed by atoms with van der Waals surface area (Å²) >= 11 is 5.73. The van der Waals surface area contributed by atoms with Gasteiger partial charge in [0, 0.05) is 11.9 Å². The minimum atomic E-state index is -3.17. The fraction of sp³-hybridized carbons (Fsp3) is 1.00. The third-order valence-corrected chi connectivity index (χ3v) is 7.48. The smallest absolute Gasteiger partial charge is 0.212 e. The average Bonchev–Trinajstić information content (AvgIpc) is 2.32. The maximum absolute atomic E-state index is 12.2. The van der Waals surface area contributed by atoms with Gasteiger partial charge in [0.15, 0.2) is 0 Å². The zero-order chi connectivity index (χ0) is 13.6. The number of alkyl halides is 1. The molecule has 1 atom stereocenters. The summed E-state index contributed by atoms with van der Waals surface area (Å²) in [6.45, 7) is 1.89. The van der Waals surface area contributed by atoms with Crippen molar-refractivity contribution in [3.63, 3.8) is 0 Å². The number of rotatable bonds is 5. The molecule has 5 heteroatoms. The van der Waals surface area contributed by atoms with Crippen molar-refractivity contribution < 1.29 is 8.42 Å². The lowest BCUT2D eigenvalue weighted by Crippen LogP contribution is -2.56. The fourth-order valence-electron chi connectivity index (χ4n) is 4.79. The van der Waals surface area contributed by atoms with E-state index in [-0.39, 0.29) is 17.7 Å². The largest absolute Gasteiger partial charge is 0.212 e. The van der Waals surface area contributed by atoms with E-state index in [1.54, 1.807) is 0 Å². The number of nitrogens with one attached hydrogen (secondary N) is 1. The van der Waals surface area contributed by atoms with Gasteiger partial charge in [-0.15, -0.1) is 11.6 Å². The Hall–Kier alpha value is 0.200. The summed E-state index contributed by atoms with van der Waals surface area (Å²) in [6, 6.07) is 0.209. The summed E-state index contributed by atoms with van der Waals surface area (Å²) in [5.74, 6) is 3.54. The summed E-state index contributed by atoms with van der Waals surface area (Å²) in [4.78, 5) is 0. The van der Waals surface area contributed by atoms with E-state index in [0.717, 1.165) is 11.8 Å². The lowest BCUT2D eigenvalue weighted by Gasteiger charge is -2.54. The van der Waals surface area contributed by atoms with Crippen LogP contribution in [0.5, 0.6) is 0 Å². The molecule has 0 radical (unpaired) electrons. The van der Waals surface area contributed by atoms with Crippen LogP contribution in [-0.2, 0) is 10.0 Å². The first-order valence-electron chi connectivity index (χ1n) is 7.53. The first kappa shape index (κ1) is 14.2. The molecule has 0 saturated heterocycles. The monoisotopic (exact) mass is 305 g/mol. The van der Waals surface area contributed by atoms with Gasteiger partial charge < -0.3 is 0 Å². The lowest BCUT2D eigenvalue weighted by molar-refractivity contribution is -0.00559. The van der Waals surface area contributed by atoms with E-state index >= 15 is 0 Å². The molecular formula is C14H24ClNO2S. The van der Waals surface area contributed by atoms with Crippen molar-refractivity contribution in [2.45, 2.75) is 45.1 Å². The molecule has 1 N–H and O–H groups in total. The first-order chi connectivity index (χ1) is 8.97. The third kappa shape index (κ3) is 2.96. The van der Waals surface area contributed by atoms with Crippen LogP contribution in [0.2, 0.25) is 0 Å². The Morgan fingerprint density at radius 3 is 2.11 bits per heavy atom. The molecule has 19 heavy (non-hydrogen) atoms. The molecule has 0 aromatic heterocycles. The number of hydrogen-bond acceptors (Lipinski definition) is 2. The van der Waals surface area contributed by atoms with Crippen LogP contribution >= 0.6 is 11.6 Å². The van der Waals surface area contributed by atoms with Crippen molar-refractivity contribution in [2.75, 3.05) is 11.6 Å². The van der Waals surface area contributed by atoms with Gasteiger partial charge in [0.05, 0.1) is 5.75 Å². The Morgan fingerprint density at radius 1 is 1.11 bits per heavy atom. The van der Waals surface area contributed by atoms with Crippen LogP contribution in [0.1, 0.15) is 39.0 Å². The molecule has 0 heterocycles. The number of sulfonamides is 1. The Balaban J connectivity index is 1.67. The van der Waals surface area contributed by atoms with Crippen molar-refractivity contribution >= 4 is 21.6 Å². The second-order valence-corrected chi connectivity index (χ2v) is 9.22. The van der Waals surface area contributed by atoms with E-state index in [2.05, 4.69) is 4.72 Å². The highest BCUT2D eigenvalue weighted by Crippen LogP contribution is 2.53. The van der Waals surface area contributed by atoms with Crippen LogP contribution in [0.15, 0.2) is 0 Å². The minimum Gasteiger partial charge on any atom is -0.212 e. The van der Waals surface area contributed by atoms with Gasteiger partial charge in [-0.3, -0.25) is 0 Å². The minimum absolute atomic E-state index is 0.0241. The van der Waals surface area contributed by atoms with E-state index in [1.807, 2.05) is 6.92 Å². The molecule has 4 aliphatic rings. The standard InChI is InChI=1S/C14H24ClNO2S/c1-9(7-15)8-19(17,18)16-14-12-3-10-2-11(5-12)6-13(14)4-10/h9-14,16H,2-8H2,1H3.